The van der Waals surface area contributed by atoms with Crippen LogP contribution in [0.1, 0.15) is 0 Å². The molecule has 0 aliphatic heterocycles. The molecule has 3 aromatic rings. The second-order valence-corrected chi connectivity index (χ2v) is 6.50. The van der Waals surface area contributed by atoms with Gasteiger partial charge >= 0.3 is 0 Å². The molecule has 0 saturated heterocycles. The van der Waals surface area contributed by atoms with E-state index in [1.807, 2.05) is 0 Å². The van der Waals surface area contributed by atoms with Crippen LogP contribution in [0.15, 0.2) is 47.6 Å². The lowest BCUT2D eigenvalue weighted by Gasteiger charge is -2.07. The number of hydrogen-bond acceptors (Lipinski definition) is 5. The Hall–Kier alpha value is -2.65. The monoisotopic (exact) mass is 395 g/mol. The Morgan fingerprint density at radius 2 is 1.96 bits per heavy atom. The van der Waals surface area contributed by atoms with Crippen molar-refractivity contribution in [2.45, 2.75) is 5.16 Å². The smallest absolute Gasteiger partial charge is 0.234 e. The number of benzene rings is 2. The minimum absolute atomic E-state index is 0.0503. The van der Waals surface area contributed by atoms with E-state index in [0.29, 0.717) is 5.56 Å². The number of nitrogens with two attached hydrogens (primary N) is 1. The zero-order valence-electron chi connectivity index (χ0n) is 13.1. The first-order valence-electron chi connectivity index (χ1n) is 7.28. The maximum Gasteiger partial charge on any atom is 0.234 e. The highest BCUT2D eigenvalue weighted by Gasteiger charge is 2.15. The number of nitrogens with zero attached hydrogens (tertiary/aromatic N) is 3. The van der Waals surface area contributed by atoms with Crippen molar-refractivity contribution in [3.63, 3.8) is 0 Å². The van der Waals surface area contributed by atoms with E-state index in [-0.39, 0.29) is 27.4 Å². The van der Waals surface area contributed by atoms with Gasteiger partial charge in [-0.15, -0.1) is 10.2 Å². The van der Waals surface area contributed by atoms with Crippen LogP contribution < -0.4 is 11.2 Å². The summed E-state index contributed by atoms with van der Waals surface area (Å²) < 4.78 is 27.7. The van der Waals surface area contributed by atoms with E-state index in [1.165, 1.54) is 35.0 Å². The van der Waals surface area contributed by atoms with Gasteiger partial charge in [0.15, 0.2) is 5.82 Å². The van der Waals surface area contributed by atoms with Crippen LogP contribution in [-0.4, -0.2) is 26.5 Å². The van der Waals surface area contributed by atoms with Crippen molar-refractivity contribution in [3.05, 3.63) is 59.1 Å². The molecule has 10 heteroatoms. The van der Waals surface area contributed by atoms with Crippen LogP contribution in [0, 0.1) is 11.6 Å². The van der Waals surface area contributed by atoms with Crippen molar-refractivity contribution < 1.29 is 13.6 Å². The van der Waals surface area contributed by atoms with Crippen molar-refractivity contribution in [1.82, 2.24) is 14.9 Å². The van der Waals surface area contributed by atoms with E-state index >= 15 is 0 Å². The molecule has 0 aliphatic carbocycles. The standard InChI is InChI=1S/C16H12ClF2N5OS/c17-12-5-4-11(19)7-13(12)21-14(25)8-26-16-23-22-15(24(16)20)9-2-1-3-10(18)6-9/h1-7H,8,20H2,(H,21,25). The molecular formula is C16H12ClF2N5OS. The Morgan fingerprint density at radius 3 is 2.73 bits per heavy atom. The van der Waals surface area contributed by atoms with Gasteiger partial charge in [-0.2, -0.15) is 0 Å². The van der Waals surface area contributed by atoms with Crippen molar-refractivity contribution >= 4 is 35.0 Å². The van der Waals surface area contributed by atoms with Crippen LogP contribution in [0.5, 0.6) is 0 Å². The van der Waals surface area contributed by atoms with Gasteiger partial charge < -0.3 is 11.2 Å². The molecule has 2 aromatic carbocycles. The van der Waals surface area contributed by atoms with Gasteiger partial charge in [-0.05, 0) is 30.3 Å². The molecule has 3 N–H and O–H groups in total. The SMILES string of the molecule is Nn1c(SCC(=O)Nc2cc(F)ccc2Cl)nnc1-c1cccc(F)c1. The Labute approximate surface area is 156 Å². The Kier molecular flexibility index (Phi) is 5.38. The van der Waals surface area contributed by atoms with E-state index in [4.69, 9.17) is 17.4 Å². The lowest BCUT2D eigenvalue weighted by molar-refractivity contribution is -0.113. The zero-order valence-corrected chi connectivity index (χ0v) is 14.7. The van der Waals surface area contributed by atoms with Crippen molar-refractivity contribution in [3.8, 4) is 11.4 Å². The van der Waals surface area contributed by atoms with E-state index in [2.05, 4.69) is 15.5 Å². The average molecular weight is 396 g/mol. The maximum atomic E-state index is 13.3. The van der Waals surface area contributed by atoms with Crippen molar-refractivity contribution in [2.75, 3.05) is 16.9 Å². The highest BCUT2D eigenvalue weighted by molar-refractivity contribution is 7.99. The molecule has 0 fully saturated rings. The molecule has 0 unspecified atom stereocenters. The molecule has 134 valence electrons. The minimum Gasteiger partial charge on any atom is -0.335 e. The Bertz CT molecular complexity index is 966. The molecule has 1 aromatic heterocycles. The van der Waals surface area contributed by atoms with Gasteiger partial charge in [-0.25, -0.2) is 13.5 Å². The number of carbonyl (C=O) groups is 1. The summed E-state index contributed by atoms with van der Waals surface area (Å²) in [4.78, 5) is 12.0. The van der Waals surface area contributed by atoms with Gasteiger partial charge in [0, 0.05) is 5.56 Å². The highest BCUT2D eigenvalue weighted by atomic mass is 35.5. The van der Waals surface area contributed by atoms with Gasteiger partial charge in [-0.3, -0.25) is 4.79 Å². The van der Waals surface area contributed by atoms with Crippen molar-refractivity contribution in [1.29, 1.82) is 0 Å². The normalized spacial score (nSPS) is 10.7. The fourth-order valence-corrected chi connectivity index (χ4v) is 2.93. The number of halogens is 3. The number of nitrogens with one attached hydrogen (secondary N) is 1. The largest absolute Gasteiger partial charge is 0.335 e. The lowest BCUT2D eigenvalue weighted by atomic mass is 10.2. The number of hydrogen-bond donors (Lipinski definition) is 2. The van der Waals surface area contributed by atoms with Crippen LogP contribution in [0.25, 0.3) is 11.4 Å². The minimum atomic E-state index is -0.515. The Morgan fingerprint density at radius 1 is 1.19 bits per heavy atom. The summed E-state index contributed by atoms with van der Waals surface area (Å²) >= 11 is 6.93. The molecule has 0 aliphatic rings. The third-order valence-electron chi connectivity index (χ3n) is 3.28. The highest BCUT2D eigenvalue weighted by Crippen LogP contribution is 2.24. The summed E-state index contributed by atoms with van der Waals surface area (Å²) in [7, 11) is 0. The molecule has 0 radical (unpaired) electrons. The van der Waals surface area contributed by atoms with Crippen LogP contribution in [0.2, 0.25) is 5.02 Å². The van der Waals surface area contributed by atoms with Crippen LogP contribution >= 0.6 is 23.4 Å². The molecule has 1 heterocycles. The van der Waals surface area contributed by atoms with E-state index < -0.39 is 17.5 Å². The maximum absolute atomic E-state index is 13.3. The van der Waals surface area contributed by atoms with E-state index in [0.717, 1.165) is 17.8 Å². The number of amides is 1. The van der Waals surface area contributed by atoms with Gasteiger partial charge in [0.25, 0.3) is 0 Å². The number of carbonyl (C=O) groups excluding carboxylic acids is 1. The summed E-state index contributed by atoms with van der Waals surface area (Å²) in [5, 5.41) is 10.8. The molecule has 0 bridgehead atoms. The number of anilines is 1. The van der Waals surface area contributed by atoms with Gasteiger partial charge in [-0.1, -0.05) is 35.5 Å². The summed E-state index contributed by atoms with van der Waals surface area (Å²) in [6, 6.07) is 9.42. The predicted molar refractivity (Wildman–Crippen MR) is 96.3 cm³/mol. The first kappa shape index (κ1) is 18.2. The molecule has 0 spiro atoms. The second kappa shape index (κ2) is 7.71. The lowest BCUT2D eigenvalue weighted by Crippen LogP contribution is -2.16. The number of nitrogen functional groups attached to an aromatic ring is 1. The van der Waals surface area contributed by atoms with Gasteiger partial charge in [0.1, 0.15) is 11.6 Å². The number of rotatable bonds is 5. The summed E-state index contributed by atoms with van der Waals surface area (Å²) in [5.74, 6) is 4.77. The summed E-state index contributed by atoms with van der Waals surface area (Å²) in [5.41, 5.74) is 0.634. The Balaban J connectivity index is 1.67. The zero-order chi connectivity index (χ0) is 18.7. The molecule has 0 atom stereocenters. The van der Waals surface area contributed by atoms with Crippen LogP contribution in [0.4, 0.5) is 14.5 Å². The molecular weight excluding hydrogens is 384 g/mol. The van der Waals surface area contributed by atoms with Gasteiger partial charge in [0.2, 0.25) is 11.1 Å². The quantitative estimate of drug-likeness (QED) is 0.511. The average Bonchev–Trinajstić information content (AvgIpc) is 2.97. The first-order valence-corrected chi connectivity index (χ1v) is 8.64. The molecule has 1 amide bonds. The summed E-state index contributed by atoms with van der Waals surface area (Å²) in [6.07, 6.45) is 0. The van der Waals surface area contributed by atoms with Crippen LogP contribution in [-0.2, 0) is 4.79 Å². The van der Waals surface area contributed by atoms with Crippen LogP contribution in [0.3, 0.4) is 0 Å². The molecule has 0 saturated carbocycles. The fraction of sp³-hybridized carbons (Fsp3) is 0.0625. The predicted octanol–water partition coefficient (Wildman–Crippen LogP) is 3.32. The number of thioether (sulfide) groups is 1. The van der Waals surface area contributed by atoms with Gasteiger partial charge in [0.05, 0.1) is 16.5 Å². The molecule has 26 heavy (non-hydrogen) atoms. The third-order valence-corrected chi connectivity index (χ3v) is 4.55. The van der Waals surface area contributed by atoms with Crippen molar-refractivity contribution in [2.24, 2.45) is 0 Å². The topological polar surface area (TPSA) is 85.8 Å². The molecule has 6 nitrogen and oxygen atoms in total. The first-order chi connectivity index (χ1) is 12.4. The molecule has 3 rings (SSSR count). The van der Waals surface area contributed by atoms with E-state index in [1.54, 1.807) is 6.07 Å². The third kappa shape index (κ3) is 4.12. The summed E-state index contributed by atoms with van der Waals surface area (Å²) in [6.45, 7) is 0. The second-order valence-electron chi connectivity index (χ2n) is 5.15. The number of aromatic nitrogens is 3. The van der Waals surface area contributed by atoms with E-state index in [9.17, 15) is 13.6 Å². The fourth-order valence-electron chi connectivity index (χ4n) is 2.11.